The molecule has 0 heterocycles. The van der Waals surface area contributed by atoms with E-state index in [9.17, 15) is 0 Å². The molecule has 0 fully saturated rings. The van der Waals surface area contributed by atoms with Crippen LogP contribution in [0.4, 0.5) is 0 Å². The van der Waals surface area contributed by atoms with Gasteiger partial charge in [0.15, 0.2) is 0 Å². The van der Waals surface area contributed by atoms with Gasteiger partial charge in [-0.1, -0.05) is 6.08 Å². The number of hydrogen-bond acceptors (Lipinski definition) is 1. The van der Waals surface area contributed by atoms with Crippen LogP contribution in [0.3, 0.4) is 0 Å². The fraction of sp³-hybridized carbons (Fsp3) is 0.500. The number of methoxy groups -OCH3 is 1. The highest BCUT2D eigenvalue weighted by atomic mass is 16.5. The Hall–Kier alpha value is -0.460. The van der Waals surface area contributed by atoms with Crippen molar-refractivity contribution in [2.75, 3.05) is 7.11 Å². The zero-order valence-corrected chi connectivity index (χ0v) is 3.56. The Kier molecular flexibility index (Phi) is 3.21. The summed E-state index contributed by atoms with van der Waals surface area (Å²) >= 11 is 0. The van der Waals surface area contributed by atoms with E-state index in [0.29, 0.717) is 0 Å². The Labute approximate surface area is 32.3 Å². The summed E-state index contributed by atoms with van der Waals surface area (Å²) in [5.74, 6) is 0. The summed E-state index contributed by atoms with van der Waals surface area (Å²) in [6, 6.07) is 0. The van der Waals surface area contributed by atoms with E-state index in [1.165, 1.54) is 0 Å². The van der Waals surface area contributed by atoms with Crippen molar-refractivity contribution in [3.63, 3.8) is 0 Å². The number of ether oxygens (including phenoxy) is 1. The van der Waals surface area contributed by atoms with Gasteiger partial charge in [0.05, 0.1) is 13.4 Å². The average molecular weight is 72.1 g/mol. The molecule has 0 N–H and O–H groups in total. The first-order valence-electron chi connectivity index (χ1n) is 1.55. The van der Waals surface area contributed by atoms with E-state index in [2.05, 4.69) is 4.74 Å². The fourth-order valence-corrected chi connectivity index (χ4v) is 0.136. The Bertz CT molecular complexity index is 30.6. The van der Waals surface area contributed by atoms with E-state index in [1.807, 2.05) is 13.0 Å². The lowest BCUT2D eigenvalue weighted by molar-refractivity contribution is 0.337. The maximum atomic E-state index is 4.51. The molecule has 30 valence electrons. The van der Waals surface area contributed by atoms with Crippen LogP contribution in [-0.2, 0) is 4.74 Å². The van der Waals surface area contributed by atoms with E-state index >= 15 is 0 Å². The maximum absolute atomic E-state index is 4.51. The lowest BCUT2D eigenvalue weighted by atomic mass is 10.7. The van der Waals surface area contributed by atoms with Crippen LogP contribution in [-0.4, -0.2) is 7.11 Å². The molecule has 5 heavy (non-hydrogen) atoms. The minimum atomic E-state index is 1.62. The molecular weight excluding hydrogens is 64.0 g/mol. The summed E-state index contributed by atoms with van der Waals surface area (Å²) in [4.78, 5) is 0. The van der Waals surface area contributed by atoms with Gasteiger partial charge in [-0.25, -0.2) is 0 Å². The fourth-order valence-electron chi connectivity index (χ4n) is 0.136. The van der Waals surface area contributed by atoms with Gasteiger partial charge in [-0.2, -0.15) is 0 Å². The number of hydrogen-bond donors (Lipinski definition) is 0. The van der Waals surface area contributed by atoms with Crippen molar-refractivity contribution in [1.29, 1.82) is 0 Å². The van der Waals surface area contributed by atoms with E-state index < -0.39 is 0 Å². The van der Waals surface area contributed by atoms with Gasteiger partial charge in [0.2, 0.25) is 0 Å². The molecule has 0 saturated carbocycles. The molecule has 0 aromatic carbocycles. The summed E-state index contributed by atoms with van der Waals surface area (Å²) in [5.41, 5.74) is 0. The minimum Gasteiger partial charge on any atom is -0.505 e. The van der Waals surface area contributed by atoms with Crippen molar-refractivity contribution in [3.8, 4) is 0 Å². The van der Waals surface area contributed by atoms with Gasteiger partial charge in [-0.3, -0.25) is 0 Å². The van der Waals surface area contributed by atoms with Gasteiger partial charge in [-0.05, 0) is 6.92 Å². The SMILES string of the molecule is C/C=C\OC. The molecule has 0 aromatic heterocycles. The summed E-state index contributed by atoms with van der Waals surface area (Å²) in [6.07, 6.45) is 3.46. The van der Waals surface area contributed by atoms with Crippen molar-refractivity contribution in [1.82, 2.24) is 0 Å². The lowest BCUT2D eigenvalue weighted by Crippen LogP contribution is -1.57. The van der Waals surface area contributed by atoms with Gasteiger partial charge in [0, 0.05) is 0 Å². The van der Waals surface area contributed by atoms with Gasteiger partial charge < -0.3 is 4.74 Å². The van der Waals surface area contributed by atoms with E-state index in [0.717, 1.165) is 0 Å². The van der Waals surface area contributed by atoms with Crippen molar-refractivity contribution in [2.24, 2.45) is 0 Å². The van der Waals surface area contributed by atoms with E-state index in [1.54, 1.807) is 13.4 Å². The quantitative estimate of drug-likeness (QED) is 0.422. The smallest absolute Gasteiger partial charge is 0.0781 e. The molecule has 0 aromatic rings. The van der Waals surface area contributed by atoms with E-state index in [4.69, 9.17) is 0 Å². The molecule has 0 amide bonds. The second kappa shape index (κ2) is 3.54. The second-order valence-electron chi connectivity index (χ2n) is 0.705. The molecule has 0 saturated heterocycles. The highest BCUT2D eigenvalue weighted by molar-refractivity contribution is 4.63. The Morgan fingerprint density at radius 2 is 2.20 bits per heavy atom. The van der Waals surface area contributed by atoms with E-state index in [-0.39, 0.29) is 0 Å². The molecule has 0 aliphatic carbocycles. The summed E-state index contributed by atoms with van der Waals surface area (Å²) in [5, 5.41) is 0. The van der Waals surface area contributed by atoms with Gasteiger partial charge in [0.1, 0.15) is 0 Å². The number of allylic oxidation sites excluding steroid dienone is 1. The van der Waals surface area contributed by atoms with Crippen LogP contribution in [0, 0.1) is 0 Å². The van der Waals surface area contributed by atoms with Crippen LogP contribution in [0.1, 0.15) is 6.92 Å². The second-order valence-corrected chi connectivity index (χ2v) is 0.705. The largest absolute Gasteiger partial charge is 0.505 e. The van der Waals surface area contributed by atoms with Crippen LogP contribution in [0.25, 0.3) is 0 Å². The Morgan fingerprint density at radius 3 is 2.20 bits per heavy atom. The first kappa shape index (κ1) is 4.54. The summed E-state index contributed by atoms with van der Waals surface area (Å²) < 4.78 is 4.51. The van der Waals surface area contributed by atoms with Crippen LogP contribution >= 0.6 is 0 Å². The first-order chi connectivity index (χ1) is 2.41. The van der Waals surface area contributed by atoms with Gasteiger partial charge >= 0.3 is 0 Å². The third kappa shape index (κ3) is 3.54. The average Bonchev–Trinajstić information content (AvgIpc) is 1.41. The highest BCUT2D eigenvalue weighted by Gasteiger charge is 1.47. The zero-order valence-electron chi connectivity index (χ0n) is 3.56. The maximum Gasteiger partial charge on any atom is 0.0781 e. The van der Waals surface area contributed by atoms with Crippen molar-refractivity contribution >= 4 is 0 Å². The van der Waals surface area contributed by atoms with Crippen molar-refractivity contribution in [3.05, 3.63) is 12.3 Å². The lowest BCUT2D eigenvalue weighted by Gasteiger charge is -1.76. The highest BCUT2D eigenvalue weighted by Crippen LogP contribution is 1.64. The zero-order chi connectivity index (χ0) is 4.12. The van der Waals surface area contributed by atoms with Crippen molar-refractivity contribution < 1.29 is 4.74 Å². The van der Waals surface area contributed by atoms with Crippen LogP contribution in [0.5, 0.6) is 0 Å². The predicted molar refractivity (Wildman–Crippen MR) is 21.8 cm³/mol. The normalized spacial score (nSPS) is 9.20. The third-order valence-electron chi connectivity index (χ3n) is 0.272. The summed E-state index contributed by atoms with van der Waals surface area (Å²) in [6.45, 7) is 1.91. The van der Waals surface area contributed by atoms with Gasteiger partial charge in [-0.15, -0.1) is 0 Å². The van der Waals surface area contributed by atoms with Crippen LogP contribution in [0.2, 0.25) is 0 Å². The standard InChI is InChI=1S/C4H8O/c1-3-4-5-2/h3-4H,1-2H3/b4-3-. The van der Waals surface area contributed by atoms with Gasteiger partial charge in [0.25, 0.3) is 0 Å². The summed E-state index contributed by atoms with van der Waals surface area (Å²) in [7, 11) is 1.62. The molecule has 0 bridgehead atoms. The monoisotopic (exact) mass is 72.1 g/mol. The van der Waals surface area contributed by atoms with Crippen molar-refractivity contribution in [2.45, 2.75) is 6.92 Å². The molecule has 0 unspecified atom stereocenters. The predicted octanol–water partition coefficient (Wildman–Crippen LogP) is 1.17. The minimum absolute atomic E-state index is 1.62. The van der Waals surface area contributed by atoms with Crippen LogP contribution in [0.15, 0.2) is 12.3 Å². The molecule has 0 spiro atoms. The molecule has 0 aliphatic heterocycles. The molecule has 0 rings (SSSR count). The van der Waals surface area contributed by atoms with Crippen LogP contribution < -0.4 is 0 Å². The Balaban J connectivity index is 2.62. The third-order valence-corrected chi connectivity index (χ3v) is 0.272. The number of rotatable bonds is 1. The molecular formula is C4H8O. The molecule has 1 heteroatoms. The molecule has 0 radical (unpaired) electrons. The Morgan fingerprint density at radius 1 is 1.60 bits per heavy atom. The first-order valence-corrected chi connectivity index (χ1v) is 1.55. The molecule has 0 aliphatic rings. The molecule has 1 nitrogen and oxygen atoms in total. The molecule has 0 atom stereocenters. The topological polar surface area (TPSA) is 9.23 Å².